The minimum absolute atomic E-state index is 0.211. The van der Waals surface area contributed by atoms with E-state index >= 15 is 0 Å². The molecule has 0 spiro atoms. The molecule has 0 aromatic heterocycles. The van der Waals surface area contributed by atoms with Crippen molar-refractivity contribution < 1.29 is 74.1 Å². The molecule has 2 aliphatic heterocycles. The Kier molecular flexibility index (Phi) is 15.0. The Morgan fingerprint density at radius 3 is 1.27 bits per heavy atom. The number of benzene rings is 4. The Bertz CT molecular complexity index is 1840. The van der Waals surface area contributed by atoms with Crippen molar-refractivity contribution in [2.75, 3.05) is 39.5 Å². The molecule has 0 aliphatic carbocycles. The standard InChI is InChI=1S/C42H48N2O15/c45-21-31-33(47)35(49)37(51)41(58-31)56-29-11-7-23(8-12-29)25-3-1-5-27(19-25)39(53)43-15-17-55-18-16-44-40(54)28-6-2-4-26(20-28)24-9-13-30(14-10-24)57-42-38(52)36(50)34(48)32(22-46)59-42/h1-14,19-20,31-38,41-42,45-52H,15-18,21-22H2,(H,43,53)(H,44,54). The number of ether oxygens (including phenoxy) is 5. The van der Waals surface area contributed by atoms with Gasteiger partial charge in [-0.3, -0.25) is 9.59 Å². The minimum atomic E-state index is -1.56. The van der Waals surface area contributed by atoms with E-state index in [1.165, 1.54) is 0 Å². The van der Waals surface area contributed by atoms with Gasteiger partial charge in [0.2, 0.25) is 12.6 Å². The smallest absolute Gasteiger partial charge is 0.251 e. The van der Waals surface area contributed by atoms with Gasteiger partial charge >= 0.3 is 0 Å². The second-order valence-corrected chi connectivity index (χ2v) is 14.0. The van der Waals surface area contributed by atoms with E-state index in [0.29, 0.717) is 22.6 Å². The molecule has 4 aromatic rings. The summed E-state index contributed by atoms with van der Waals surface area (Å²) in [6.45, 7) is -0.252. The molecule has 2 aliphatic rings. The molecular formula is C42H48N2O15. The molecule has 4 aromatic carbocycles. The monoisotopic (exact) mass is 820 g/mol. The van der Waals surface area contributed by atoms with Gasteiger partial charge in [-0.2, -0.15) is 0 Å². The van der Waals surface area contributed by atoms with Crippen molar-refractivity contribution in [2.45, 2.75) is 61.4 Å². The maximum absolute atomic E-state index is 12.9. The van der Waals surface area contributed by atoms with Gasteiger partial charge in [-0.15, -0.1) is 0 Å². The lowest BCUT2D eigenvalue weighted by molar-refractivity contribution is -0.277. The van der Waals surface area contributed by atoms with E-state index in [9.17, 15) is 50.4 Å². The highest BCUT2D eigenvalue weighted by atomic mass is 16.7. The maximum Gasteiger partial charge on any atom is 0.251 e. The molecule has 2 fully saturated rings. The molecule has 2 saturated heterocycles. The normalized spacial score (nSPS) is 26.8. The van der Waals surface area contributed by atoms with Crippen LogP contribution in [-0.2, 0) is 14.2 Å². The third-order valence-corrected chi connectivity index (χ3v) is 9.89. The third-order valence-electron chi connectivity index (χ3n) is 9.89. The van der Waals surface area contributed by atoms with E-state index in [1.807, 2.05) is 12.1 Å². The summed E-state index contributed by atoms with van der Waals surface area (Å²) in [6, 6.07) is 27.5. The van der Waals surface area contributed by atoms with E-state index in [4.69, 9.17) is 23.7 Å². The summed E-state index contributed by atoms with van der Waals surface area (Å²) in [5.74, 6) is 0.0177. The molecule has 10 unspecified atom stereocenters. The van der Waals surface area contributed by atoms with Gasteiger partial charge < -0.3 is 75.2 Å². The van der Waals surface area contributed by atoms with E-state index in [-0.39, 0.29) is 38.1 Å². The predicted octanol–water partition coefficient (Wildman–Crippen LogP) is -0.446. The first-order valence-corrected chi connectivity index (χ1v) is 19.0. The largest absolute Gasteiger partial charge is 0.462 e. The number of hydrogen-bond acceptors (Lipinski definition) is 15. The second kappa shape index (κ2) is 20.3. The first kappa shape index (κ1) is 43.6. The summed E-state index contributed by atoms with van der Waals surface area (Å²) in [5, 5.41) is 84.9. The highest BCUT2D eigenvalue weighted by molar-refractivity contribution is 5.96. The van der Waals surface area contributed by atoms with Gasteiger partial charge in [-0.05, 0) is 70.8 Å². The van der Waals surface area contributed by atoms with Gasteiger partial charge in [0.15, 0.2) is 0 Å². The molecule has 2 amide bonds. The Morgan fingerprint density at radius 2 is 0.898 bits per heavy atom. The highest BCUT2D eigenvalue weighted by Crippen LogP contribution is 2.29. The number of aliphatic hydroxyl groups is 8. The number of hydrogen-bond donors (Lipinski definition) is 10. The Balaban J connectivity index is 0.903. The van der Waals surface area contributed by atoms with Crippen LogP contribution in [0.5, 0.6) is 11.5 Å². The zero-order valence-electron chi connectivity index (χ0n) is 31.7. The number of rotatable bonds is 16. The maximum atomic E-state index is 12.9. The molecule has 59 heavy (non-hydrogen) atoms. The molecular weight excluding hydrogens is 772 g/mol. The van der Waals surface area contributed by atoms with Gasteiger partial charge in [0.05, 0.1) is 26.4 Å². The van der Waals surface area contributed by atoms with Crippen molar-refractivity contribution in [2.24, 2.45) is 0 Å². The van der Waals surface area contributed by atoms with Crippen LogP contribution in [0.15, 0.2) is 97.1 Å². The zero-order valence-corrected chi connectivity index (χ0v) is 31.7. The van der Waals surface area contributed by atoms with E-state index < -0.39 is 74.6 Å². The molecule has 316 valence electrons. The number of carbonyl (C=O) groups is 2. The molecule has 6 rings (SSSR count). The van der Waals surface area contributed by atoms with Crippen LogP contribution in [0, 0.1) is 0 Å². The lowest BCUT2D eigenvalue weighted by Crippen LogP contribution is -2.60. The van der Waals surface area contributed by atoms with Gasteiger partial charge in [0.25, 0.3) is 11.8 Å². The van der Waals surface area contributed by atoms with Crippen molar-refractivity contribution in [3.8, 4) is 33.8 Å². The summed E-state index contributed by atoms with van der Waals surface area (Å²) in [7, 11) is 0. The molecule has 0 bridgehead atoms. The van der Waals surface area contributed by atoms with Gasteiger partial charge in [-0.1, -0.05) is 48.5 Å². The molecule has 17 nitrogen and oxygen atoms in total. The van der Waals surface area contributed by atoms with Crippen molar-refractivity contribution in [1.82, 2.24) is 10.6 Å². The van der Waals surface area contributed by atoms with Gasteiger partial charge in [-0.25, -0.2) is 0 Å². The number of carbonyl (C=O) groups excluding carboxylic acids is 2. The average Bonchev–Trinajstić information content (AvgIpc) is 3.26. The summed E-state index contributed by atoms with van der Waals surface area (Å²) in [6.07, 6.45) is -14.0. The lowest BCUT2D eigenvalue weighted by Gasteiger charge is -2.39. The minimum Gasteiger partial charge on any atom is -0.462 e. The summed E-state index contributed by atoms with van der Waals surface area (Å²) in [5.41, 5.74) is 3.91. The number of aliphatic hydroxyl groups excluding tert-OH is 8. The van der Waals surface area contributed by atoms with Crippen LogP contribution in [0.2, 0.25) is 0 Å². The van der Waals surface area contributed by atoms with Gasteiger partial charge in [0.1, 0.15) is 60.3 Å². The van der Waals surface area contributed by atoms with Crippen LogP contribution in [-0.4, -0.2) is 154 Å². The SMILES string of the molecule is O=C(NCCOCCNC(=O)c1cccc(-c2ccc(OC3OC(CO)C(O)C(O)C3O)cc2)c1)c1cccc(-c2ccc(OC3OC(CO)C(O)C(O)C3O)cc2)c1. The average molecular weight is 821 g/mol. The molecule has 10 N–H and O–H groups in total. The van der Waals surface area contributed by atoms with Crippen molar-refractivity contribution in [3.05, 3.63) is 108 Å². The van der Waals surface area contributed by atoms with Crippen LogP contribution in [0.25, 0.3) is 22.3 Å². The van der Waals surface area contributed by atoms with Gasteiger partial charge in [0, 0.05) is 24.2 Å². The fourth-order valence-electron chi connectivity index (χ4n) is 6.51. The van der Waals surface area contributed by atoms with Crippen molar-refractivity contribution >= 4 is 11.8 Å². The third kappa shape index (κ3) is 10.8. The van der Waals surface area contributed by atoms with Crippen LogP contribution in [0.4, 0.5) is 0 Å². The number of nitrogens with one attached hydrogen (secondary N) is 2. The molecule has 2 heterocycles. The van der Waals surface area contributed by atoms with Crippen LogP contribution in [0.3, 0.4) is 0 Å². The summed E-state index contributed by atoms with van der Waals surface area (Å²) in [4.78, 5) is 25.7. The fraction of sp³-hybridized carbons (Fsp3) is 0.381. The second-order valence-electron chi connectivity index (χ2n) is 14.0. The fourth-order valence-corrected chi connectivity index (χ4v) is 6.51. The lowest BCUT2D eigenvalue weighted by atomic mass is 9.99. The van der Waals surface area contributed by atoms with E-state index in [1.54, 1.807) is 84.9 Å². The summed E-state index contributed by atoms with van der Waals surface area (Å²) < 4.78 is 27.7. The quantitative estimate of drug-likeness (QED) is 0.0642. The first-order valence-electron chi connectivity index (χ1n) is 19.0. The topological polar surface area (TPSA) is 266 Å². The summed E-state index contributed by atoms with van der Waals surface area (Å²) >= 11 is 0. The molecule has 0 radical (unpaired) electrons. The predicted molar refractivity (Wildman–Crippen MR) is 208 cm³/mol. The zero-order chi connectivity index (χ0) is 42.1. The molecule has 0 saturated carbocycles. The number of amides is 2. The van der Waals surface area contributed by atoms with Crippen molar-refractivity contribution in [3.63, 3.8) is 0 Å². The van der Waals surface area contributed by atoms with Crippen LogP contribution >= 0.6 is 0 Å². The Labute approximate surface area is 339 Å². The van der Waals surface area contributed by atoms with Crippen LogP contribution < -0.4 is 20.1 Å². The van der Waals surface area contributed by atoms with Crippen LogP contribution in [0.1, 0.15) is 20.7 Å². The Morgan fingerprint density at radius 1 is 0.508 bits per heavy atom. The highest BCUT2D eigenvalue weighted by Gasteiger charge is 2.45. The molecule has 10 atom stereocenters. The Hall–Kier alpha value is -5.02. The van der Waals surface area contributed by atoms with E-state index in [0.717, 1.165) is 22.3 Å². The van der Waals surface area contributed by atoms with Crippen molar-refractivity contribution in [1.29, 1.82) is 0 Å². The van der Waals surface area contributed by atoms with E-state index in [2.05, 4.69) is 10.6 Å². The molecule has 17 heteroatoms. The first-order chi connectivity index (χ1) is 28.5.